The molecule has 0 N–H and O–H groups in total. The highest BCUT2D eigenvalue weighted by Gasteiger charge is 2.24. The number of piperidine rings is 1. The summed E-state index contributed by atoms with van der Waals surface area (Å²) >= 11 is 0. The van der Waals surface area contributed by atoms with Crippen LogP contribution < -0.4 is 0 Å². The van der Waals surface area contributed by atoms with Gasteiger partial charge in [0, 0.05) is 18.2 Å². The lowest BCUT2D eigenvalue weighted by atomic mass is 10.0. The molecule has 1 aliphatic heterocycles. The molecule has 17 heavy (non-hydrogen) atoms. The van der Waals surface area contributed by atoms with E-state index >= 15 is 0 Å². The molecule has 2 nitrogen and oxygen atoms in total. The normalized spacial score (nSPS) is 20.4. The van der Waals surface area contributed by atoms with Gasteiger partial charge in [0.2, 0.25) is 0 Å². The summed E-state index contributed by atoms with van der Waals surface area (Å²) < 4.78 is 25.8. The molecule has 0 spiro atoms. The summed E-state index contributed by atoms with van der Waals surface area (Å²) in [6.45, 7) is 2.68. The van der Waals surface area contributed by atoms with Crippen LogP contribution in [0.1, 0.15) is 36.5 Å². The third-order valence-electron chi connectivity index (χ3n) is 3.23. The number of hydrogen-bond acceptors (Lipinski definition) is 1. The molecule has 0 aromatic heterocycles. The predicted octanol–water partition coefficient (Wildman–Crippen LogP) is 2.98. The molecule has 0 bridgehead atoms. The molecule has 1 heterocycles. The van der Waals surface area contributed by atoms with E-state index in [-0.39, 0.29) is 17.5 Å². The average molecular weight is 239 g/mol. The highest BCUT2D eigenvalue weighted by Crippen LogP contribution is 2.20. The van der Waals surface area contributed by atoms with Crippen molar-refractivity contribution in [3.63, 3.8) is 0 Å². The molecule has 2 rings (SSSR count). The first-order valence-electron chi connectivity index (χ1n) is 5.85. The third kappa shape index (κ3) is 2.46. The molecule has 1 saturated heterocycles. The Balaban J connectivity index is 2.21. The van der Waals surface area contributed by atoms with E-state index in [0.29, 0.717) is 6.54 Å². The second-order valence-corrected chi connectivity index (χ2v) is 4.47. The van der Waals surface area contributed by atoms with Gasteiger partial charge in [-0.05, 0) is 44.4 Å². The van der Waals surface area contributed by atoms with Crippen molar-refractivity contribution in [2.24, 2.45) is 0 Å². The minimum atomic E-state index is -0.972. The Kier molecular flexibility index (Phi) is 3.41. The lowest BCUT2D eigenvalue weighted by Gasteiger charge is -2.33. The van der Waals surface area contributed by atoms with E-state index < -0.39 is 11.6 Å². The highest BCUT2D eigenvalue weighted by molar-refractivity contribution is 5.94. The van der Waals surface area contributed by atoms with E-state index in [1.54, 1.807) is 4.90 Å². The zero-order valence-electron chi connectivity index (χ0n) is 9.75. The first-order valence-corrected chi connectivity index (χ1v) is 5.85. The van der Waals surface area contributed by atoms with Crippen LogP contribution in [-0.2, 0) is 0 Å². The number of amides is 1. The number of benzene rings is 1. The summed E-state index contributed by atoms with van der Waals surface area (Å²) in [4.78, 5) is 13.8. The molecular weight excluding hydrogens is 224 g/mol. The summed E-state index contributed by atoms with van der Waals surface area (Å²) in [6.07, 6.45) is 3.05. The maximum Gasteiger partial charge on any atom is 0.254 e. The summed E-state index contributed by atoms with van der Waals surface area (Å²) in [5.41, 5.74) is 0.220. The van der Waals surface area contributed by atoms with Crippen LogP contribution in [0.25, 0.3) is 0 Å². The number of likely N-dealkylation sites (tertiary alicyclic amines) is 1. The molecule has 1 aromatic carbocycles. The van der Waals surface area contributed by atoms with E-state index in [9.17, 15) is 13.6 Å². The van der Waals surface area contributed by atoms with Crippen LogP contribution in [0.15, 0.2) is 18.2 Å². The van der Waals surface area contributed by atoms with Gasteiger partial charge in [0.15, 0.2) is 11.6 Å². The molecule has 1 fully saturated rings. The lowest BCUT2D eigenvalue weighted by molar-refractivity contribution is 0.0635. The van der Waals surface area contributed by atoms with Gasteiger partial charge in [-0.25, -0.2) is 8.78 Å². The topological polar surface area (TPSA) is 20.3 Å². The zero-order valence-corrected chi connectivity index (χ0v) is 9.75. The third-order valence-corrected chi connectivity index (χ3v) is 3.23. The van der Waals surface area contributed by atoms with Gasteiger partial charge in [-0.2, -0.15) is 0 Å². The Morgan fingerprint density at radius 3 is 2.71 bits per heavy atom. The number of carbonyl (C=O) groups excluding carboxylic acids is 1. The van der Waals surface area contributed by atoms with E-state index in [1.165, 1.54) is 6.07 Å². The van der Waals surface area contributed by atoms with Gasteiger partial charge >= 0.3 is 0 Å². The van der Waals surface area contributed by atoms with E-state index in [2.05, 4.69) is 0 Å². The Bertz CT molecular complexity index is 433. The quantitative estimate of drug-likeness (QED) is 0.737. The molecular formula is C13H15F2NO. The summed E-state index contributed by atoms with van der Waals surface area (Å²) in [5, 5.41) is 0. The average Bonchev–Trinajstić information content (AvgIpc) is 2.32. The van der Waals surface area contributed by atoms with Gasteiger partial charge in [-0.3, -0.25) is 4.79 Å². The lowest BCUT2D eigenvalue weighted by Crippen LogP contribution is -2.42. The van der Waals surface area contributed by atoms with Crippen LogP contribution >= 0.6 is 0 Å². The van der Waals surface area contributed by atoms with Gasteiger partial charge in [0.1, 0.15) is 0 Å². The second-order valence-electron chi connectivity index (χ2n) is 4.47. The SMILES string of the molecule is CC1CCCCN1C(=O)c1ccc(F)c(F)c1. The number of carbonyl (C=O) groups is 1. The Morgan fingerprint density at radius 1 is 1.29 bits per heavy atom. The molecule has 0 aliphatic carbocycles. The van der Waals surface area contributed by atoms with Crippen LogP contribution in [0.5, 0.6) is 0 Å². The minimum absolute atomic E-state index is 0.171. The fraction of sp³-hybridized carbons (Fsp3) is 0.462. The van der Waals surface area contributed by atoms with Crippen molar-refractivity contribution in [1.29, 1.82) is 0 Å². The van der Waals surface area contributed by atoms with Crippen LogP contribution in [0.3, 0.4) is 0 Å². The van der Waals surface area contributed by atoms with E-state index in [0.717, 1.165) is 31.4 Å². The molecule has 1 amide bonds. The van der Waals surface area contributed by atoms with Crippen LogP contribution in [-0.4, -0.2) is 23.4 Å². The van der Waals surface area contributed by atoms with Gasteiger partial charge in [-0.1, -0.05) is 0 Å². The minimum Gasteiger partial charge on any atom is -0.336 e. The van der Waals surface area contributed by atoms with Crippen molar-refractivity contribution >= 4 is 5.91 Å². The molecule has 1 aromatic rings. The van der Waals surface area contributed by atoms with Crippen LogP contribution in [0, 0.1) is 11.6 Å². The zero-order chi connectivity index (χ0) is 12.4. The molecule has 92 valence electrons. The maximum absolute atomic E-state index is 13.1. The molecule has 1 unspecified atom stereocenters. The number of hydrogen-bond donors (Lipinski definition) is 0. The smallest absolute Gasteiger partial charge is 0.254 e. The van der Waals surface area contributed by atoms with Gasteiger partial charge in [0.25, 0.3) is 5.91 Å². The van der Waals surface area contributed by atoms with E-state index in [1.807, 2.05) is 6.92 Å². The highest BCUT2D eigenvalue weighted by atomic mass is 19.2. The first kappa shape index (κ1) is 12.0. The largest absolute Gasteiger partial charge is 0.336 e. The summed E-state index contributed by atoms with van der Waals surface area (Å²) in [7, 11) is 0. The molecule has 1 aliphatic rings. The van der Waals surface area contributed by atoms with Gasteiger partial charge in [0.05, 0.1) is 0 Å². The fourth-order valence-electron chi connectivity index (χ4n) is 2.19. The molecule has 4 heteroatoms. The summed E-state index contributed by atoms with van der Waals surface area (Å²) in [5.74, 6) is -2.11. The monoisotopic (exact) mass is 239 g/mol. The molecule has 1 atom stereocenters. The van der Waals surface area contributed by atoms with Gasteiger partial charge in [-0.15, -0.1) is 0 Å². The van der Waals surface area contributed by atoms with Gasteiger partial charge < -0.3 is 4.90 Å². The molecule has 0 saturated carbocycles. The summed E-state index contributed by atoms with van der Waals surface area (Å²) in [6, 6.07) is 3.47. The van der Waals surface area contributed by atoms with Crippen molar-refractivity contribution < 1.29 is 13.6 Å². The van der Waals surface area contributed by atoms with Crippen molar-refractivity contribution in [1.82, 2.24) is 4.90 Å². The maximum atomic E-state index is 13.1. The van der Waals surface area contributed by atoms with Crippen LogP contribution in [0.2, 0.25) is 0 Å². The Hall–Kier alpha value is -1.45. The van der Waals surface area contributed by atoms with Crippen molar-refractivity contribution in [3.8, 4) is 0 Å². The van der Waals surface area contributed by atoms with Crippen molar-refractivity contribution in [3.05, 3.63) is 35.4 Å². The Labute approximate surface area is 99.2 Å². The first-order chi connectivity index (χ1) is 8.09. The van der Waals surface area contributed by atoms with Crippen molar-refractivity contribution in [2.45, 2.75) is 32.2 Å². The fourth-order valence-corrected chi connectivity index (χ4v) is 2.19. The Morgan fingerprint density at radius 2 is 2.06 bits per heavy atom. The predicted molar refractivity (Wildman–Crippen MR) is 60.7 cm³/mol. The van der Waals surface area contributed by atoms with E-state index in [4.69, 9.17) is 0 Å². The number of halogens is 2. The standard InChI is InChI=1S/C13H15F2NO/c1-9-4-2-3-7-16(9)13(17)10-5-6-11(14)12(15)8-10/h5-6,8-9H,2-4,7H2,1H3. The molecule has 0 radical (unpaired) electrons. The number of rotatable bonds is 1. The van der Waals surface area contributed by atoms with Crippen molar-refractivity contribution in [2.75, 3.05) is 6.54 Å². The second kappa shape index (κ2) is 4.82. The number of nitrogens with zero attached hydrogens (tertiary/aromatic N) is 1. The van der Waals surface area contributed by atoms with Crippen LogP contribution in [0.4, 0.5) is 8.78 Å².